The fourth-order valence-electron chi connectivity index (χ4n) is 2.34. The number of benzene rings is 1. The average Bonchev–Trinajstić information content (AvgIpc) is 3.01. The number of hydrogen-bond donors (Lipinski definition) is 0. The molecule has 1 aliphatic carbocycles. The van der Waals surface area contributed by atoms with Gasteiger partial charge < -0.3 is 4.57 Å². The van der Waals surface area contributed by atoms with Gasteiger partial charge in [-0.25, -0.2) is 0 Å². The average molecular weight is 213 g/mol. The van der Waals surface area contributed by atoms with Crippen molar-refractivity contribution in [3.8, 4) is 0 Å². The van der Waals surface area contributed by atoms with E-state index in [2.05, 4.69) is 25.1 Å². The molecule has 0 aliphatic heterocycles. The normalized spacial score (nSPS) is 15.6. The summed E-state index contributed by atoms with van der Waals surface area (Å²) in [6, 6.07) is 8.56. The first-order chi connectivity index (χ1) is 7.66. The summed E-state index contributed by atoms with van der Waals surface area (Å²) in [6.07, 6.45) is 2.29. The Morgan fingerprint density at radius 2 is 1.94 bits per heavy atom. The van der Waals surface area contributed by atoms with Gasteiger partial charge in [0.2, 0.25) is 0 Å². The number of hydrogen-bond acceptors (Lipinski definition) is 1. The van der Waals surface area contributed by atoms with Crippen LogP contribution in [-0.4, -0.2) is 4.57 Å². The molecule has 2 aromatic rings. The third-order valence-electron chi connectivity index (χ3n) is 3.33. The zero-order chi connectivity index (χ0) is 11.3. The fraction of sp³-hybridized carbons (Fsp3) is 0.357. The molecule has 1 fully saturated rings. The summed E-state index contributed by atoms with van der Waals surface area (Å²) in [7, 11) is 0. The Morgan fingerprint density at radius 3 is 2.62 bits per heavy atom. The summed E-state index contributed by atoms with van der Waals surface area (Å²) in [5.74, 6) is 0. The van der Waals surface area contributed by atoms with Crippen molar-refractivity contribution in [1.82, 2.24) is 4.57 Å². The van der Waals surface area contributed by atoms with Crippen molar-refractivity contribution in [3.05, 3.63) is 45.7 Å². The molecule has 2 nitrogen and oxygen atoms in total. The van der Waals surface area contributed by atoms with Crippen LogP contribution in [0.25, 0.3) is 10.9 Å². The van der Waals surface area contributed by atoms with Crippen LogP contribution >= 0.6 is 0 Å². The molecular formula is C14H15NO. The molecule has 16 heavy (non-hydrogen) atoms. The van der Waals surface area contributed by atoms with Crippen molar-refractivity contribution in [1.29, 1.82) is 0 Å². The van der Waals surface area contributed by atoms with E-state index >= 15 is 0 Å². The number of rotatable bonds is 1. The third-order valence-corrected chi connectivity index (χ3v) is 3.33. The second-order valence-electron chi connectivity index (χ2n) is 4.79. The standard InChI is InChI=1S/C14H15NO/c1-9-3-6-12-10(2)8-14(16)15(11-4-5-11)13(12)7-9/h3,6-8,11H,4-5H2,1-2H3. The predicted molar refractivity (Wildman–Crippen MR) is 66.0 cm³/mol. The van der Waals surface area contributed by atoms with Crippen LogP contribution < -0.4 is 5.56 Å². The molecule has 0 saturated heterocycles. The first-order valence-corrected chi connectivity index (χ1v) is 5.79. The van der Waals surface area contributed by atoms with Gasteiger partial charge in [0.1, 0.15) is 0 Å². The lowest BCUT2D eigenvalue weighted by molar-refractivity contribution is 0.738. The summed E-state index contributed by atoms with van der Waals surface area (Å²) in [5.41, 5.74) is 3.55. The maximum Gasteiger partial charge on any atom is 0.251 e. The van der Waals surface area contributed by atoms with E-state index in [0.717, 1.165) is 23.9 Å². The van der Waals surface area contributed by atoms with Gasteiger partial charge in [0, 0.05) is 17.5 Å². The lowest BCUT2D eigenvalue weighted by Crippen LogP contribution is -2.19. The summed E-state index contributed by atoms with van der Waals surface area (Å²) < 4.78 is 1.97. The Hall–Kier alpha value is -1.57. The van der Waals surface area contributed by atoms with Crippen LogP contribution in [0.1, 0.15) is 30.0 Å². The van der Waals surface area contributed by atoms with Crippen molar-refractivity contribution in [2.24, 2.45) is 0 Å². The largest absolute Gasteiger partial charge is 0.305 e. The van der Waals surface area contributed by atoms with E-state index in [4.69, 9.17) is 0 Å². The van der Waals surface area contributed by atoms with E-state index < -0.39 is 0 Å². The number of pyridine rings is 1. The van der Waals surface area contributed by atoms with Crippen LogP contribution in [0.5, 0.6) is 0 Å². The zero-order valence-electron chi connectivity index (χ0n) is 9.66. The van der Waals surface area contributed by atoms with Crippen LogP contribution in [0.15, 0.2) is 29.1 Å². The molecule has 0 atom stereocenters. The van der Waals surface area contributed by atoms with Crippen LogP contribution in [0.2, 0.25) is 0 Å². The lowest BCUT2D eigenvalue weighted by Gasteiger charge is -2.11. The SMILES string of the molecule is Cc1ccc2c(C)cc(=O)n(C3CC3)c2c1. The van der Waals surface area contributed by atoms with Gasteiger partial charge in [-0.15, -0.1) is 0 Å². The molecule has 2 heteroatoms. The van der Waals surface area contributed by atoms with Gasteiger partial charge in [-0.2, -0.15) is 0 Å². The molecule has 0 amide bonds. The van der Waals surface area contributed by atoms with E-state index in [1.807, 2.05) is 11.5 Å². The molecule has 3 rings (SSSR count). The van der Waals surface area contributed by atoms with E-state index in [1.165, 1.54) is 10.9 Å². The van der Waals surface area contributed by atoms with Crippen molar-refractivity contribution in [2.45, 2.75) is 32.7 Å². The Kier molecular flexibility index (Phi) is 1.93. The number of fused-ring (bicyclic) bond motifs is 1. The van der Waals surface area contributed by atoms with Crippen molar-refractivity contribution >= 4 is 10.9 Å². The first-order valence-electron chi connectivity index (χ1n) is 5.79. The molecule has 1 aromatic heterocycles. The molecule has 0 radical (unpaired) electrons. The minimum absolute atomic E-state index is 0.151. The predicted octanol–water partition coefficient (Wildman–Crippen LogP) is 2.95. The van der Waals surface area contributed by atoms with Gasteiger partial charge in [0.25, 0.3) is 5.56 Å². The fourth-order valence-corrected chi connectivity index (χ4v) is 2.34. The Balaban J connectivity index is 2.46. The van der Waals surface area contributed by atoms with Crippen LogP contribution in [0.3, 0.4) is 0 Å². The quantitative estimate of drug-likeness (QED) is 0.713. The van der Waals surface area contributed by atoms with E-state index in [0.29, 0.717) is 6.04 Å². The van der Waals surface area contributed by atoms with E-state index in [1.54, 1.807) is 6.07 Å². The van der Waals surface area contributed by atoms with Gasteiger partial charge >= 0.3 is 0 Å². The minimum Gasteiger partial charge on any atom is -0.305 e. The molecule has 82 valence electrons. The monoisotopic (exact) mass is 213 g/mol. The van der Waals surface area contributed by atoms with Crippen LogP contribution in [-0.2, 0) is 0 Å². The van der Waals surface area contributed by atoms with Crippen LogP contribution in [0.4, 0.5) is 0 Å². The van der Waals surface area contributed by atoms with Gasteiger partial charge in [0.05, 0.1) is 5.52 Å². The van der Waals surface area contributed by atoms with Crippen molar-refractivity contribution in [2.75, 3.05) is 0 Å². The molecule has 0 unspecified atom stereocenters. The third kappa shape index (κ3) is 1.37. The molecule has 1 heterocycles. The van der Waals surface area contributed by atoms with Crippen LogP contribution in [0, 0.1) is 13.8 Å². The second-order valence-corrected chi connectivity index (χ2v) is 4.79. The first kappa shape index (κ1) is 9.64. The van der Waals surface area contributed by atoms with E-state index in [-0.39, 0.29) is 5.56 Å². The highest BCUT2D eigenvalue weighted by Crippen LogP contribution is 2.36. The van der Waals surface area contributed by atoms with Gasteiger partial charge in [-0.1, -0.05) is 12.1 Å². The Labute approximate surface area is 94.5 Å². The van der Waals surface area contributed by atoms with Gasteiger partial charge in [0.15, 0.2) is 0 Å². The molecule has 1 aromatic carbocycles. The minimum atomic E-state index is 0.151. The Morgan fingerprint density at radius 1 is 1.19 bits per heavy atom. The van der Waals surface area contributed by atoms with E-state index in [9.17, 15) is 4.79 Å². The summed E-state index contributed by atoms with van der Waals surface area (Å²) in [4.78, 5) is 12.0. The molecule has 1 aliphatic rings. The molecule has 0 spiro atoms. The van der Waals surface area contributed by atoms with Crippen molar-refractivity contribution < 1.29 is 0 Å². The summed E-state index contributed by atoms with van der Waals surface area (Å²) in [6.45, 7) is 4.08. The molecule has 1 saturated carbocycles. The van der Waals surface area contributed by atoms with Gasteiger partial charge in [-0.3, -0.25) is 4.79 Å². The highest BCUT2D eigenvalue weighted by atomic mass is 16.1. The van der Waals surface area contributed by atoms with Gasteiger partial charge in [-0.05, 0) is 43.9 Å². The molecule has 0 N–H and O–H groups in total. The summed E-state index contributed by atoms with van der Waals surface area (Å²) >= 11 is 0. The lowest BCUT2D eigenvalue weighted by atomic mass is 10.1. The maximum atomic E-state index is 12.0. The maximum absolute atomic E-state index is 12.0. The Bertz CT molecular complexity index is 620. The van der Waals surface area contributed by atoms with Crippen molar-refractivity contribution in [3.63, 3.8) is 0 Å². The molecule has 0 bridgehead atoms. The topological polar surface area (TPSA) is 22.0 Å². The highest BCUT2D eigenvalue weighted by Gasteiger charge is 2.26. The number of nitrogens with zero attached hydrogens (tertiary/aromatic N) is 1. The second kappa shape index (κ2) is 3.21. The number of aryl methyl sites for hydroxylation is 2. The smallest absolute Gasteiger partial charge is 0.251 e. The molecular weight excluding hydrogens is 198 g/mol. The zero-order valence-corrected chi connectivity index (χ0v) is 9.66. The summed E-state index contributed by atoms with van der Waals surface area (Å²) in [5, 5.41) is 1.21. The highest BCUT2D eigenvalue weighted by molar-refractivity contribution is 5.83. The number of aromatic nitrogens is 1.